The Bertz CT molecular complexity index is 4160. The molecule has 0 saturated heterocycles. The molecule has 6 aromatic rings. The molecule has 121 heavy (non-hydrogen) atoms. The number of esters is 3. The zero-order valence-electron chi connectivity index (χ0n) is 73.9. The highest BCUT2D eigenvalue weighted by Gasteiger charge is 2.42. The van der Waals surface area contributed by atoms with Crippen molar-refractivity contribution in [2.75, 3.05) is 6.61 Å². The molecule has 8 N–H and O–H groups in total. The number of carbonyl (C=O) groups is 11. The van der Waals surface area contributed by atoms with Crippen LogP contribution in [-0.2, 0) is 79.0 Å². The Morgan fingerprint density at radius 3 is 1.26 bits per heavy atom. The van der Waals surface area contributed by atoms with E-state index in [4.69, 9.17) is 18.9 Å². The van der Waals surface area contributed by atoms with Gasteiger partial charge in [0.1, 0.15) is 72.8 Å². The second kappa shape index (κ2) is 48.7. The highest BCUT2D eigenvalue weighted by atomic mass is 16.6. The van der Waals surface area contributed by atoms with Crippen molar-refractivity contribution in [3.8, 4) is 11.1 Å². The fraction of sp³-hybridized carbons (Fsp3) is 0.520. The molecule has 0 radical (unpaired) electrons. The topological polar surface area (TPSA) is 321 Å². The van der Waals surface area contributed by atoms with E-state index in [9.17, 15) is 43.2 Å². The molecule has 6 aromatic carbocycles. The van der Waals surface area contributed by atoms with Crippen LogP contribution in [0.15, 0.2) is 170 Å². The SMILES string of the molecule is CC[C@H](C)[C@H](NC(=O)[C@@H](CC(C)C)NC(=O)[C@H](CC(=O)OC(C)(C)C)NC(=O)[C@@H](NC(=O)[C@@H](CC(C)C)NC(=O)[C@H](CC(C)C)NC(=O)[C@H](CCC(=O)NC(c1ccccc1)(c1ccccc1)c1ccccc1)NC(=O)OCC1c2ccccc2-c2ccccc21)C(C)C)C(=O)O[C@H](CCCCCCCCCC(C)C)CC(=O)OCc1ccccc1. The molecule has 0 bridgehead atoms. The van der Waals surface area contributed by atoms with Gasteiger partial charge in [-0.3, -0.25) is 43.2 Å². The summed E-state index contributed by atoms with van der Waals surface area (Å²) in [5.41, 5.74) is 4.75. The number of carbonyl (C=O) groups excluding carboxylic acids is 11. The summed E-state index contributed by atoms with van der Waals surface area (Å²) in [7, 11) is 0. The van der Waals surface area contributed by atoms with Gasteiger partial charge in [-0.25, -0.2) is 9.59 Å². The molecule has 8 amide bonds. The largest absolute Gasteiger partial charge is 0.461 e. The third-order valence-corrected chi connectivity index (χ3v) is 21.7. The summed E-state index contributed by atoms with van der Waals surface area (Å²) >= 11 is 0. The molecule has 0 saturated carbocycles. The molecule has 656 valence electrons. The highest BCUT2D eigenvalue weighted by molar-refractivity contribution is 5.99. The van der Waals surface area contributed by atoms with E-state index in [1.54, 1.807) is 41.5 Å². The van der Waals surface area contributed by atoms with Gasteiger partial charge in [-0.1, -0.05) is 304 Å². The van der Waals surface area contributed by atoms with Gasteiger partial charge in [0.2, 0.25) is 41.4 Å². The Kier molecular flexibility index (Phi) is 39.2. The minimum absolute atomic E-state index is 0.0326. The average Bonchev–Trinajstić information content (AvgIpc) is 1.13. The molecule has 1 aliphatic rings. The van der Waals surface area contributed by atoms with E-state index >= 15 is 9.59 Å². The molecule has 0 aliphatic heterocycles. The number of ether oxygens (including phenoxy) is 4. The molecular weight excluding hydrogens is 1530 g/mol. The molecule has 0 aromatic heterocycles. The first kappa shape index (κ1) is 97.4. The van der Waals surface area contributed by atoms with E-state index in [2.05, 4.69) is 56.4 Å². The predicted molar refractivity (Wildman–Crippen MR) is 470 cm³/mol. The van der Waals surface area contributed by atoms with E-state index in [-0.39, 0.29) is 75.4 Å². The van der Waals surface area contributed by atoms with Gasteiger partial charge in [-0.05, 0) is 139 Å². The number of hydrogen-bond acceptors (Lipinski definition) is 15. The second-order valence-corrected chi connectivity index (χ2v) is 35.3. The molecule has 0 unspecified atom stereocenters. The minimum atomic E-state index is -1.71. The van der Waals surface area contributed by atoms with Gasteiger partial charge in [-0.15, -0.1) is 0 Å². The van der Waals surface area contributed by atoms with E-state index in [1.807, 2.05) is 218 Å². The van der Waals surface area contributed by atoms with Crippen molar-refractivity contribution >= 4 is 65.4 Å². The first-order valence-corrected chi connectivity index (χ1v) is 43.7. The zero-order valence-corrected chi connectivity index (χ0v) is 73.9. The normalized spacial score (nSPS) is 14.3. The van der Waals surface area contributed by atoms with Gasteiger partial charge >= 0.3 is 24.0 Å². The Balaban J connectivity index is 1.09. The summed E-state index contributed by atoms with van der Waals surface area (Å²) in [6, 6.07) is 43.6. The molecule has 1 aliphatic carbocycles. The van der Waals surface area contributed by atoms with Crippen LogP contribution in [0.5, 0.6) is 0 Å². The van der Waals surface area contributed by atoms with Crippen LogP contribution in [-0.4, -0.2) is 126 Å². The van der Waals surface area contributed by atoms with Crippen molar-refractivity contribution in [2.24, 2.45) is 35.5 Å². The Hall–Kier alpha value is -10.7. The standard InChI is InChI=1S/C98H134N8O15/c1-16-68(12)88(95(116)120-73(49-35-21-19-17-18-20-26-40-63(2)3)59-85(108)118-61-69-41-27-22-28-42-69)105-93(114)82(58-66(8)9)101-91(112)83(60-86(109)121-97(13,14)15)102-94(115)87(67(10)11)104-92(113)81(57-65(6)7)100-90(111)80(56-64(4)5)99-89(110)79(103-96(117)119-62-78-76-52-38-36-50-74(76)75-51-37-39-53-77(75)78)54-55-84(107)106-98(70-43-29-23-30-44-70,71-45-31-24-32-46-71)72-47-33-25-34-48-72/h22-25,27-34,36-39,41-48,50-53,63-68,73,78-83,87-88H,16-21,26,35,40,49,54-62H2,1-15H3,(H,99,110)(H,100,111)(H,101,112)(H,102,115)(H,103,117)(H,104,113)(H,105,114)(H,106,107)/t68-,73+,79-,80-,81+,82+,83-,87-,88-/m0/s1. The maximum atomic E-state index is 15.2. The Morgan fingerprint density at radius 1 is 0.397 bits per heavy atom. The Labute approximate surface area is 717 Å². The van der Waals surface area contributed by atoms with Crippen molar-refractivity contribution < 1.29 is 71.7 Å². The molecule has 0 spiro atoms. The average molecular weight is 1660 g/mol. The molecule has 0 fully saturated rings. The fourth-order valence-corrected chi connectivity index (χ4v) is 15.3. The number of amides is 8. The van der Waals surface area contributed by atoms with Crippen LogP contribution < -0.4 is 42.5 Å². The van der Waals surface area contributed by atoms with Gasteiger partial charge in [-0.2, -0.15) is 0 Å². The van der Waals surface area contributed by atoms with Gasteiger partial charge in [0.15, 0.2) is 0 Å². The summed E-state index contributed by atoms with van der Waals surface area (Å²) in [5, 5.41) is 22.9. The number of fused-ring (bicyclic) bond motifs is 3. The number of hydrogen-bond donors (Lipinski definition) is 8. The molecule has 0 heterocycles. The lowest BCUT2D eigenvalue weighted by Gasteiger charge is -2.37. The minimum Gasteiger partial charge on any atom is -0.461 e. The van der Waals surface area contributed by atoms with Gasteiger partial charge in [0, 0.05) is 12.3 Å². The van der Waals surface area contributed by atoms with Crippen molar-refractivity contribution in [2.45, 2.75) is 285 Å². The van der Waals surface area contributed by atoms with Crippen LogP contribution in [0.25, 0.3) is 11.1 Å². The van der Waals surface area contributed by atoms with Crippen LogP contribution in [0.1, 0.15) is 252 Å². The van der Waals surface area contributed by atoms with E-state index in [0.717, 1.165) is 76.6 Å². The summed E-state index contributed by atoms with van der Waals surface area (Å²) in [5.74, 6) is -9.27. The van der Waals surface area contributed by atoms with E-state index in [1.165, 1.54) is 12.8 Å². The summed E-state index contributed by atoms with van der Waals surface area (Å²) in [6.45, 7) is 27.2. The lowest BCUT2D eigenvalue weighted by Crippen LogP contribution is -2.61. The quantitative estimate of drug-likeness (QED) is 0.00762. The second-order valence-electron chi connectivity index (χ2n) is 35.3. The summed E-state index contributed by atoms with van der Waals surface area (Å²) in [4.78, 5) is 161. The number of benzene rings is 6. The predicted octanol–water partition coefficient (Wildman–Crippen LogP) is 15.5. The first-order valence-electron chi connectivity index (χ1n) is 43.7. The highest BCUT2D eigenvalue weighted by Crippen LogP contribution is 2.45. The monoisotopic (exact) mass is 1660 g/mol. The first-order chi connectivity index (χ1) is 57.7. The third-order valence-electron chi connectivity index (χ3n) is 21.7. The fourth-order valence-electron chi connectivity index (χ4n) is 15.3. The van der Waals surface area contributed by atoms with Crippen LogP contribution >= 0.6 is 0 Å². The zero-order chi connectivity index (χ0) is 88.3. The third kappa shape index (κ3) is 31.4. The molecule has 9 atom stereocenters. The number of alkyl carbamates (subject to hydrolysis) is 1. The van der Waals surface area contributed by atoms with Crippen LogP contribution in [0.2, 0.25) is 0 Å². The van der Waals surface area contributed by atoms with Gasteiger partial charge in [0.25, 0.3) is 0 Å². The molecule has 7 rings (SSSR count). The van der Waals surface area contributed by atoms with Crippen molar-refractivity contribution in [1.82, 2.24) is 42.5 Å². The van der Waals surface area contributed by atoms with Crippen molar-refractivity contribution in [1.29, 1.82) is 0 Å². The lowest BCUT2D eigenvalue weighted by molar-refractivity contribution is -0.160. The Morgan fingerprint density at radius 2 is 0.810 bits per heavy atom. The van der Waals surface area contributed by atoms with Crippen LogP contribution in [0, 0.1) is 35.5 Å². The van der Waals surface area contributed by atoms with Crippen LogP contribution in [0.3, 0.4) is 0 Å². The van der Waals surface area contributed by atoms with E-state index < -0.39 is 143 Å². The van der Waals surface area contributed by atoms with Gasteiger partial charge in [0.05, 0.1) is 12.8 Å². The molecule has 23 heteroatoms. The summed E-state index contributed by atoms with van der Waals surface area (Å²) < 4.78 is 23.5. The molecule has 23 nitrogen and oxygen atoms in total. The van der Waals surface area contributed by atoms with Gasteiger partial charge < -0.3 is 61.5 Å². The maximum absolute atomic E-state index is 15.2. The number of nitrogens with one attached hydrogen (secondary N) is 8. The van der Waals surface area contributed by atoms with E-state index in [0.29, 0.717) is 25.2 Å². The molecular formula is C98H134N8O15. The summed E-state index contributed by atoms with van der Waals surface area (Å²) in [6.07, 6.45) is 5.82. The number of rotatable bonds is 49. The van der Waals surface area contributed by atoms with Crippen LogP contribution in [0.4, 0.5) is 4.79 Å². The number of unbranched alkanes of at least 4 members (excludes halogenated alkanes) is 6. The lowest BCUT2D eigenvalue weighted by atomic mass is 9.77. The maximum Gasteiger partial charge on any atom is 0.407 e. The smallest absolute Gasteiger partial charge is 0.407 e. The van der Waals surface area contributed by atoms with Crippen molar-refractivity contribution in [3.63, 3.8) is 0 Å². The van der Waals surface area contributed by atoms with Crippen molar-refractivity contribution in [3.05, 3.63) is 203 Å².